The van der Waals surface area contributed by atoms with Crippen LogP contribution in [0.15, 0.2) is 36.4 Å². The number of aromatic hydroxyl groups is 1. The highest BCUT2D eigenvalue weighted by Crippen LogP contribution is 2.21. The maximum absolute atomic E-state index is 13.2. The van der Waals surface area contributed by atoms with Gasteiger partial charge in [0.05, 0.1) is 18.8 Å². The van der Waals surface area contributed by atoms with E-state index in [1.54, 1.807) is 12.1 Å². The predicted molar refractivity (Wildman–Crippen MR) is 83.7 cm³/mol. The van der Waals surface area contributed by atoms with Gasteiger partial charge in [0.15, 0.2) is 11.6 Å². The summed E-state index contributed by atoms with van der Waals surface area (Å²) < 4.78 is 13.2. The van der Waals surface area contributed by atoms with Gasteiger partial charge < -0.3 is 20.4 Å². The number of phenolic OH excluding ortho intramolecular Hbond substituents is 1. The maximum atomic E-state index is 13.2. The molecule has 0 saturated heterocycles. The van der Waals surface area contributed by atoms with Crippen molar-refractivity contribution in [2.75, 3.05) is 6.61 Å². The van der Waals surface area contributed by atoms with E-state index in [1.807, 2.05) is 6.92 Å². The van der Waals surface area contributed by atoms with Gasteiger partial charge in [-0.1, -0.05) is 23.8 Å². The van der Waals surface area contributed by atoms with Gasteiger partial charge >= 0.3 is 0 Å². The molecule has 0 aromatic heterocycles. The summed E-state index contributed by atoms with van der Waals surface area (Å²) in [6.07, 6.45) is 2.27. The molecule has 122 valence electrons. The molecule has 1 rings (SSSR count). The Morgan fingerprint density at radius 2 is 2.00 bits per heavy atom. The second-order valence-electron chi connectivity index (χ2n) is 5.37. The molecule has 0 heterocycles. The monoisotopic (exact) mass is 310 g/mol. The molecule has 5 heteroatoms. The normalized spacial score (nSPS) is 16.1. The van der Waals surface area contributed by atoms with Gasteiger partial charge in [0.1, 0.15) is 0 Å². The summed E-state index contributed by atoms with van der Waals surface area (Å²) in [5.41, 5.74) is 1.54. The van der Waals surface area contributed by atoms with Gasteiger partial charge in [-0.25, -0.2) is 4.39 Å². The summed E-state index contributed by atoms with van der Waals surface area (Å²) in [6.45, 7) is 4.97. The zero-order valence-corrected chi connectivity index (χ0v) is 12.6. The molecular formula is C17H23FO4. The summed E-state index contributed by atoms with van der Waals surface area (Å²) >= 11 is 0. The molecule has 3 atom stereocenters. The molecule has 0 aliphatic carbocycles. The van der Waals surface area contributed by atoms with E-state index < -0.39 is 36.3 Å². The van der Waals surface area contributed by atoms with E-state index in [0.29, 0.717) is 18.4 Å². The molecule has 0 radical (unpaired) electrons. The second kappa shape index (κ2) is 8.68. The van der Waals surface area contributed by atoms with E-state index in [0.717, 1.165) is 5.57 Å². The lowest BCUT2D eigenvalue weighted by molar-refractivity contribution is 0.00215. The quantitative estimate of drug-likeness (QED) is 0.555. The SMILES string of the molecule is C=C[C@@H]([C@H](O)CO)[C@H](O)CC/C(C)=C/c1ccc(O)c(F)c1. The smallest absolute Gasteiger partial charge is 0.165 e. The van der Waals surface area contributed by atoms with Crippen LogP contribution in [0.3, 0.4) is 0 Å². The summed E-state index contributed by atoms with van der Waals surface area (Å²) in [5.74, 6) is -1.67. The van der Waals surface area contributed by atoms with Crippen molar-refractivity contribution in [2.45, 2.75) is 32.0 Å². The van der Waals surface area contributed by atoms with Gasteiger partial charge in [-0.2, -0.15) is 0 Å². The Morgan fingerprint density at radius 1 is 1.32 bits per heavy atom. The fourth-order valence-corrected chi connectivity index (χ4v) is 2.23. The van der Waals surface area contributed by atoms with Crippen LogP contribution < -0.4 is 0 Å². The molecule has 0 unspecified atom stereocenters. The number of hydrogen-bond acceptors (Lipinski definition) is 4. The largest absolute Gasteiger partial charge is 0.505 e. The first-order valence-electron chi connectivity index (χ1n) is 7.14. The third-order valence-electron chi connectivity index (χ3n) is 3.57. The lowest BCUT2D eigenvalue weighted by Crippen LogP contribution is -2.32. The lowest BCUT2D eigenvalue weighted by Gasteiger charge is -2.23. The van der Waals surface area contributed by atoms with Crippen LogP contribution in [-0.4, -0.2) is 39.2 Å². The van der Waals surface area contributed by atoms with E-state index >= 15 is 0 Å². The van der Waals surface area contributed by atoms with Crippen molar-refractivity contribution in [2.24, 2.45) is 5.92 Å². The number of rotatable bonds is 8. The fraction of sp³-hybridized carbons (Fsp3) is 0.412. The van der Waals surface area contributed by atoms with Crippen molar-refractivity contribution in [1.82, 2.24) is 0 Å². The average Bonchev–Trinajstić information content (AvgIpc) is 2.49. The molecule has 0 spiro atoms. The first kappa shape index (κ1) is 18.4. The van der Waals surface area contributed by atoms with Gasteiger partial charge in [-0.05, 0) is 37.5 Å². The van der Waals surface area contributed by atoms with E-state index in [4.69, 9.17) is 10.2 Å². The maximum Gasteiger partial charge on any atom is 0.165 e. The molecule has 0 aliphatic rings. The second-order valence-corrected chi connectivity index (χ2v) is 5.37. The van der Waals surface area contributed by atoms with Gasteiger partial charge in [0, 0.05) is 5.92 Å². The number of allylic oxidation sites excluding steroid dienone is 1. The van der Waals surface area contributed by atoms with Crippen LogP contribution in [0.5, 0.6) is 5.75 Å². The van der Waals surface area contributed by atoms with Gasteiger partial charge in [0.25, 0.3) is 0 Å². The number of halogens is 1. The topological polar surface area (TPSA) is 80.9 Å². The Morgan fingerprint density at radius 3 is 2.55 bits per heavy atom. The summed E-state index contributed by atoms with van der Waals surface area (Å²) in [7, 11) is 0. The Hall–Kier alpha value is -1.69. The van der Waals surface area contributed by atoms with E-state index in [2.05, 4.69) is 6.58 Å². The number of aliphatic hydroxyl groups is 3. The average molecular weight is 310 g/mol. The third-order valence-corrected chi connectivity index (χ3v) is 3.57. The van der Waals surface area contributed by atoms with Crippen LogP contribution in [0, 0.1) is 11.7 Å². The van der Waals surface area contributed by atoms with Crippen molar-refractivity contribution in [3.05, 3.63) is 47.8 Å². The standard InChI is InChI=1S/C17H23FO4/c1-3-13(17(22)10-19)15(20)6-4-11(2)8-12-5-7-16(21)14(18)9-12/h3,5,7-9,13,15,17,19-22H,1,4,6,10H2,2H3/b11-8+/t13-,15-,17-/m1/s1. The Balaban J connectivity index is 2.64. The van der Waals surface area contributed by atoms with Crippen LogP contribution in [0.4, 0.5) is 4.39 Å². The van der Waals surface area contributed by atoms with Crippen LogP contribution in [-0.2, 0) is 0 Å². The molecule has 1 aromatic carbocycles. The number of hydrogen-bond donors (Lipinski definition) is 4. The van der Waals surface area contributed by atoms with Gasteiger partial charge in [0.2, 0.25) is 0 Å². The molecule has 4 N–H and O–H groups in total. The molecule has 22 heavy (non-hydrogen) atoms. The number of benzene rings is 1. The molecule has 0 fully saturated rings. The minimum Gasteiger partial charge on any atom is -0.505 e. The van der Waals surface area contributed by atoms with Crippen molar-refractivity contribution < 1.29 is 24.8 Å². The van der Waals surface area contributed by atoms with E-state index in [1.165, 1.54) is 18.2 Å². The first-order chi connectivity index (χ1) is 10.4. The Bertz CT molecular complexity index is 527. The lowest BCUT2D eigenvalue weighted by atomic mass is 9.92. The van der Waals surface area contributed by atoms with Crippen LogP contribution in [0.2, 0.25) is 0 Å². The first-order valence-corrected chi connectivity index (χ1v) is 7.14. The summed E-state index contributed by atoms with van der Waals surface area (Å²) in [4.78, 5) is 0. The summed E-state index contributed by atoms with van der Waals surface area (Å²) in [6, 6.07) is 4.12. The molecule has 0 amide bonds. The Labute approximate surface area is 129 Å². The van der Waals surface area contributed by atoms with Crippen LogP contribution >= 0.6 is 0 Å². The zero-order chi connectivity index (χ0) is 16.7. The minimum atomic E-state index is -1.04. The number of aliphatic hydroxyl groups excluding tert-OH is 3. The minimum absolute atomic E-state index is 0.386. The van der Waals surface area contributed by atoms with E-state index in [9.17, 15) is 14.6 Å². The van der Waals surface area contributed by atoms with Crippen molar-refractivity contribution in [3.8, 4) is 5.75 Å². The highest BCUT2D eigenvalue weighted by Gasteiger charge is 2.23. The van der Waals surface area contributed by atoms with Crippen LogP contribution in [0.25, 0.3) is 6.08 Å². The van der Waals surface area contributed by atoms with Gasteiger partial charge in [-0.3, -0.25) is 0 Å². The van der Waals surface area contributed by atoms with Crippen molar-refractivity contribution in [3.63, 3.8) is 0 Å². The fourth-order valence-electron chi connectivity index (χ4n) is 2.23. The van der Waals surface area contributed by atoms with E-state index in [-0.39, 0.29) is 0 Å². The number of phenols is 1. The van der Waals surface area contributed by atoms with Crippen molar-refractivity contribution in [1.29, 1.82) is 0 Å². The summed E-state index contributed by atoms with van der Waals surface area (Å²) in [5, 5.41) is 37.7. The van der Waals surface area contributed by atoms with Crippen LogP contribution in [0.1, 0.15) is 25.3 Å². The molecule has 4 nitrogen and oxygen atoms in total. The molecule has 0 bridgehead atoms. The molecule has 0 aliphatic heterocycles. The Kier molecular flexibility index (Phi) is 7.24. The highest BCUT2D eigenvalue weighted by molar-refractivity contribution is 5.53. The molecular weight excluding hydrogens is 287 g/mol. The predicted octanol–water partition coefficient (Wildman–Crippen LogP) is 2.23. The third kappa shape index (κ3) is 5.26. The molecule has 1 aromatic rings. The van der Waals surface area contributed by atoms with Crippen molar-refractivity contribution >= 4 is 6.08 Å². The molecule has 0 saturated carbocycles. The van der Waals surface area contributed by atoms with Gasteiger partial charge in [-0.15, -0.1) is 6.58 Å². The highest BCUT2D eigenvalue weighted by atomic mass is 19.1. The zero-order valence-electron chi connectivity index (χ0n) is 12.6.